The van der Waals surface area contributed by atoms with Crippen molar-refractivity contribution in [1.29, 1.82) is 0 Å². The highest BCUT2D eigenvalue weighted by Crippen LogP contribution is 2.45. The normalized spacial score (nSPS) is 23.2. The highest BCUT2D eigenvalue weighted by Gasteiger charge is 2.44. The van der Waals surface area contributed by atoms with Crippen molar-refractivity contribution in [1.82, 2.24) is 14.4 Å². The van der Waals surface area contributed by atoms with Crippen LogP contribution < -0.4 is 0 Å². The lowest BCUT2D eigenvalue weighted by molar-refractivity contribution is 0.0781. The first-order chi connectivity index (χ1) is 18.1. The lowest BCUT2D eigenvalue weighted by atomic mass is 9.87. The van der Waals surface area contributed by atoms with Gasteiger partial charge in [-0.2, -0.15) is 0 Å². The number of carbonyl (C=O) groups excluding carboxylic acids is 1. The van der Waals surface area contributed by atoms with E-state index in [1.54, 1.807) is 12.1 Å². The summed E-state index contributed by atoms with van der Waals surface area (Å²) >= 11 is 0. The summed E-state index contributed by atoms with van der Waals surface area (Å²) in [6.45, 7) is 5.78. The Bertz CT molecular complexity index is 1230. The Morgan fingerprint density at radius 3 is 2.49 bits per heavy atom. The summed E-state index contributed by atoms with van der Waals surface area (Å²) in [7, 11) is 0. The molecule has 0 bridgehead atoms. The number of nitrogens with zero attached hydrogens (tertiary/aromatic N) is 3. The largest absolute Gasteiger partial charge is 0.396 e. The van der Waals surface area contributed by atoms with E-state index < -0.39 is 0 Å². The summed E-state index contributed by atoms with van der Waals surface area (Å²) in [5.74, 6) is 2.39. The van der Waals surface area contributed by atoms with Crippen molar-refractivity contribution >= 4 is 16.8 Å². The van der Waals surface area contributed by atoms with Gasteiger partial charge in [0.05, 0.1) is 11.1 Å². The van der Waals surface area contributed by atoms with Gasteiger partial charge in [0.25, 0.3) is 5.91 Å². The number of aliphatic hydroxyl groups is 1. The molecule has 2 atom stereocenters. The van der Waals surface area contributed by atoms with E-state index in [4.69, 9.17) is 0 Å². The number of aryl methyl sites for hydroxylation is 1. The van der Waals surface area contributed by atoms with E-state index >= 15 is 0 Å². The number of likely N-dealkylation sites (tertiary alicyclic amines) is 2. The van der Waals surface area contributed by atoms with E-state index in [9.17, 15) is 14.3 Å². The van der Waals surface area contributed by atoms with Crippen molar-refractivity contribution in [3.63, 3.8) is 0 Å². The van der Waals surface area contributed by atoms with E-state index in [2.05, 4.69) is 26.5 Å². The van der Waals surface area contributed by atoms with Gasteiger partial charge >= 0.3 is 0 Å². The summed E-state index contributed by atoms with van der Waals surface area (Å²) in [4.78, 5) is 18.6. The number of hydrogen-bond donors (Lipinski definition) is 1. The fraction of sp³-hybridized carbons (Fsp3) is 0.516. The lowest BCUT2D eigenvalue weighted by Crippen LogP contribution is -2.39. The minimum Gasteiger partial charge on any atom is -0.396 e. The van der Waals surface area contributed by atoms with Crippen LogP contribution in [0.4, 0.5) is 4.39 Å². The van der Waals surface area contributed by atoms with E-state index in [-0.39, 0.29) is 18.3 Å². The van der Waals surface area contributed by atoms with Crippen molar-refractivity contribution in [2.75, 3.05) is 39.3 Å². The third-order valence-corrected chi connectivity index (χ3v) is 9.00. The topological polar surface area (TPSA) is 48.7 Å². The Morgan fingerprint density at radius 1 is 0.973 bits per heavy atom. The maximum absolute atomic E-state index is 13.9. The summed E-state index contributed by atoms with van der Waals surface area (Å²) < 4.78 is 15.5. The average Bonchev–Trinajstić information content (AvgIpc) is 3.55. The first-order valence-electron chi connectivity index (χ1n) is 14.1. The molecule has 3 fully saturated rings. The molecule has 3 heterocycles. The van der Waals surface area contributed by atoms with Gasteiger partial charge in [-0.3, -0.25) is 4.79 Å². The molecule has 6 heteroatoms. The maximum Gasteiger partial charge on any atom is 0.256 e. The number of amides is 1. The molecule has 1 saturated carbocycles. The molecular weight excluding hydrogens is 465 g/mol. The molecule has 2 aromatic carbocycles. The molecule has 1 amide bonds. The van der Waals surface area contributed by atoms with Gasteiger partial charge in [-0.25, -0.2) is 4.39 Å². The van der Waals surface area contributed by atoms with E-state index in [1.165, 1.54) is 18.4 Å². The van der Waals surface area contributed by atoms with Gasteiger partial charge in [0.2, 0.25) is 0 Å². The van der Waals surface area contributed by atoms with Gasteiger partial charge < -0.3 is 19.5 Å². The standard InChI is InChI=1S/C31H38FN3O2/c32-27-9-7-22(8-10-27)23-11-15-33(16-12-23)19-26-20-35(21-29(26)24-5-6-24)31(37)28-4-1-3-25-13-17-34(30(25)28)14-2-18-36/h1,3-4,7-10,13,17,23-24,26,29,36H,2,5-6,11-12,14-16,18-21H2. The van der Waals surface area contributed by atoms with Gasteiger partial charge in [-0.15, -0.1) is 0 Å². The smallest absolute Gasteiger partial charge is 0.256 e. The number of rotatable bonds is 8. The number of carbonyl (C=O) groups is 1. The summed E-state index contributed by atoms with van der Waals surface area (Å²) in [6, 6.07) is 15.1. The van der Waals surface area contributed by atoms with Crippen LogP contribution in [-0.4, -0.2) is 64.7 Å². The molecule has 0 spiro atoms. The van der Waals surface area contributed by atoms with Crippen molar-refractivity contribution in [2.24, 2.45) is 17.8 Å². The molecule has 3 aromatic rings. The number of para-hydroxylation sites is 1. The lowest BCUT2D eigenvalue weighted by Gasteiger charge is -2.34. The fourth-order valence-electron chi connectivity index (χ4n) is 6.86. The molecule has 1 aliphatic carbocycles. The molecule has 37 heavy (non-hydrogen) atoms. The monoisotopic (exact) mass is 503 g/mol. The Balaban J connectivity index is 1.13. The van der Waals surface area contributed by atoms with E-state index in [0.717, 1.165) is 67.9 Å². The zero-order valence-corrected chi connectivity index (χ0v) is 21.6. The van der Waals surface area contributed by atoms with Gasteiger partial charge in [0.1, 0.15) is 5.82 Å². The van der Waals surface area contributed by atoms with Crippen molar-refractivity contribution in [3.05, 3.63) is 71.7 Å². The predicted molar refractivity (Wildman–Crippen MR) is 144 cm³/mol. The van der Waals surface area contributed by atoms with Crippen molar-refractivity contribution in [2.45, 2.75) is 44.6 Å². The highest BCUT2D eigenvalue weighted by molar-refractivity contribution is 6.06. The van der Waals surface area contributed by atoms with Crippen LogP contribution in [0, 0.1) is 23.6 Å². The van der Waals surface area contributed by atoms with Crippen LogP contribution in [-0.2, 0) is 6.54 Å². The molecule has 0 radical (unpaired) electrons. The SMILES string of the molecule is O=C(c1cccc2ccn(CCCO)c12)N1CC(CN2CCC(c3ccc(F)cc3)CC2)C(C2CC2)C1. The predicted octanol–water partition coefficient (Wildman–Crippen LogP) is 5.14. The third kappa shape index (κ3) is 5.19. The number of fused-ring (bicyclic) bond motifs is 1. The molecule has 2 saturated heterocycles. The number of halogens is 1. The van der Waals surface area contributed by atoms with Crippen LogP contribution in [0.5, 0.6) is 0 Å². The van der Waals surface area contributed by atoms with Gasteiger partial charge in [-0.05, 0) is 98.7 Å². The van der Waals surface area contributed by atoms with Crippen LogP contribution in [0.2, 0.25) is 0 Å². The molecule has 2 aliphatic heterocycles. The van der Waals surface area contributed by atoms with E-state index in [1.807, 2.05) is 30.5 Å². The number of piperidine rings is 1. The highest BCUT2D eigenvalue weighted by atomic mass is 19.1. The molecule has 6 rings (SSSR count). The molecular formula is C31H38FN3O2. The first-order valence-corrected chi connectivity index (χ1v) is 14.1. The Labute approximate surface area is 218 Å². The Hall–Kier alpha value is -2.70. The second-order valence-electron chi connectivity index (χ2n) is 11.4. The van der Waals surface area contributed by atoms with E-state index in [0.29, 0.717) is 30.7 Å². The van der Waals surface area contributed by atoms with Crippen LogP contribution in [0.1, 0.15) is 53.9 Å². The maximum atomic E-state index is 13.9. The molecule has 196 valence electrons. The van der Waals surface area contributed by atoms with Crippen LogP contribution >= 0.6 is 0 Å². The van der Waals surface area contributed by atoms with Gasteiger partial charge in [-0.1, -0.05) is 24.3 Å². The number of aliphatic hydroxyl groups excluding tert-OH is 1. The number of benzene rings is 2. The molecule has 2 unspecified atom stereocenters. The second-order valence-corrected chi connectivity index (χ2v) is 11.4. The molecule has 3 aliphatic rings. The molecule has 5 nitrogen and oxygen atoms in total. The third-order valence-electron chi connectivity index (χ3n) is 9.00. The molecule has 1 aromatic heterocycles. The fourth-order valence-corrected chi connectivity index (χ4v) is 6.86. The van der Waals surface area contributed by atoms with Crippen LogP contribution in [0.15, 0.2) is 54.7 Å². The van der Waals surface area contributed by atoms with Crippen LogP contribution in [0.3, 0.4) is 0 Å². The minimum atomic E-state index is -0.165. The number of hydrogen-bond acceptors (Lipinski definition) is 3. The number of aromatic nitrogens is 1. The summed E-state index contributed by atoms with van der Waals surface area (Å²) in [5.41, 5.74) is 3.04. The zero-order chi connectivity index (χ0) is 25.4. The Kier molecular flexibility index (Phi) is 7.04. The minimum absolute atomic E-state index is 0.147. The zero-order valence-electron chi connectivity index (χ0n) is 21.6. The second kappa shape index (κ2) is 10.6. The van der Waals surface area contributed by atoms with Crippen molar-refractivity contribution in [3.8, 4) is 0 Å². The quantitative estimate of drug-likeness (QED) is 0.463. The van der Waals surface area contributed by atoms with Gasteiger partial charge in [0, 0.05) is 44.4 Å². The Morgan fingerprint density at radius 2 is 1.76 bits per heavy atom. The van der Waals surface area contributed by atoms with Crippen molar-refractivity contribution < 1.29 is 14.3 Å². The first kappa shape index (κ1) is 24.6. The van der Waals surface area contributed by atoms with Gasteiger partial charge in [0.15, 0.2) is 0 Å². The van der Waals surface area contributed by atoms with Crippen LogP contribution in [0.25, 0.3) is 10.9 Å². The average molecular weight is 504 g/mol. The molecule has 1 N–H and O–H groups in total. The summed E-state index contributed by atoms with van der Waals surface area (Å²) in [5, 5.41) is 10.4. The summed E-state index contributed by atoms with van der Waals surface area (Å²) in [6.07, 6.45) is 7.54.